The Morgan fingerprint density at radius 2 is 1.95 bits per heavy atom. The third kappa shape index (κ3) is 2.81. The van der Waals surface area contributed by atoms with Gasteiger partial charge in [-0.05, 0) is 42.8 Å². The number of hydrogen-bond acceptors (Lipinski definition) is 4. The van der Waals surface area contributed by atoms with Crippen molar-refractivity contribution in [2.24, 2.45) is 0 Å². The van der Waals surface area contributed by atoms with Crippen LogP contribution in [-0.2, 0) is 0 Å². The summed E-state index contributed by atoms with van der Waals surface area (Å²) in [6.45, 7) is 2.06. The Balaban J connectivity index is 1.84. The molecule has 5 heteroatoms. The minimum atomic E-state index is 0.723. The number of nitrogens with one attached hydrogen (secondary N) is 1. The number of aryl methyl sites for hydroxylation is 1. The number of benzene rings is 1. The van der Waals surface area contributed by atoms with Crippen molar-refractivity contribution in [2.75, 3.05) is 5.32 Å². The van der Waals surface area contributed by atoms with Gasteiger partial charge in [0.15, 0.2) is 5.13 Å². The molecule has 2 heterocycles. The number of halogens is 1. The molecule has 0 aliphatic heterocycles. The van der Waals surface area contributed by atoms with Crippen LogP contribution in [0.2, 0.25) is 5.02 Å². The summed E-state index contributed by atoms with van der Waals surface area (Å²) in [4.78, 5) is 8.75. The molecule has 3 aromatic rings. The van der Waals surface area contributed by atoms with Gasteiger partial charge in [0.05, 0.1) is 5.69 Å². The van der Waals surface area contributed by atoms with Crippen LogP contribution in [-0.4, -0.2) is 9.97 Å². The Bertz CT molecular complexity index is 722. The van der Waals surface area contributed by atoms with Gasteiger partial charge in [-0.3, -0.25) is 4.98 Å². The first-order valence-electron chi connectivity index (χ1n) is 6.11. The second kappa shape index (κ2) is 5.61. The molecule has 3 rings (SSSR count). The molecule has 2 aromatic heterocycles. The molecule has 0 fully saturated rings. The topological polar surface area (TPSA) is 37.8 Å². The minimum Gasteiger partial charge on any atom is -0.332 e. The van der Waals surface area contributed by atoms with E-state index >= 15 is 0 Å². The van der Waals surface area contributed by atoms with E-state index in [0.29, 0.717) is 0 Å². The Kier molecular flexibility index (Phi) is 3.67. The molecule has 0 spiro atoms. The van der Waals surface area contributed by atoms with Crippen molar-refractivity contribution < 1.29 is 0 Å². The van der Waals surface area contributed by atoms with Gasteiger partial charge in [-0.15, -0.1) is 11.3 Å². The first-order chi connectivity index (χ1) is 9.72. The van der Waals surface area contributed by atoms with Crippen LogP contribution < -0.4 is 5.32 Å². The third-order valence-electron chi connectivity index (χ3n) is 2.91. The number of rotatable bonds is 3. The maximum atomic E-state index is 5.87. The minimum absolute atomic E-state index is 0.723. The summed E-state index contributed by atoms with van der Waals surface area (Å²) in [5.74, 6) is 0. The number of nitrogens with zero attached hydrogens (tertiary/aromatic N) is 2. The number of hydrogen-bond donors (Lipinski definition) is 1. The number of pyridine rings is 1. The van der Waals surface area contributed by atoms with Gasteiger partial charge in [-0.25, -0.2) is 4.98 Å². The van der Waals surface area contributed by atoms with Crippen molar-refractivity contribution in [3.8, 4) is 11.3 Å². The third-order valence-corrected chi connectivity index (χ3v) is 3.92. The van der Waals surface area contributed by atoms with Gasteiger partial charge in [0.2, 0.25) is 0 Å². The van der Waals surface area contributed by atoms with E-state index in [-0.39, 0.29) is 0 Å². The largest absolute Gasteiger partial charge is 0.332 e. The van der Waals surface area contributed by atoms with Gasteiger partial charge < -0.3 is 5.32 Å². The van der Waals surface area contributed by atoms with Crippen molar-refractivity contribution in [3.63, 3.8) is 0 Å². The molecule has 3 nitrogen and oxygen atoms in total. The van der Waals surface area contributed by atoms with E-state index in [2.05, 4.69) is 22.2 Å². The molecule has 0 aliphatic rings. The maximum absolute atomic E-state index is 5.87. The van der Waals surface area contributed by atoms with Crippen LogP contribution in [0.25, 0.3) is 11.3 Å². The van der Waals surface area contributed by atoms with Gasteiger partial charge in [-0.2, -0.15) is 0 Å². The van der Waals surface area contributed by atoms with Crippen LogP contribution in [0.15, 0.2) is 48.1 Å². The van der Waals surface area contributed by atoms with Crippen LogP contribution in [0.4, 0.5) is 10.8 Å². The molecule has 0 saturated carbocycles. The highest BCUT2D eigenvalue weighted by atomic mass is 35.5. The molecule has 0 bridgehead atoms. The smallest absolute Gasteiger partial charge is 0.187 e. The molecule has 0 unspecified atom stereocenters. The van der Waals surface area contributed by atoms with E-state index in [1.807, 2.05) is 41.9 Å². The van der Waals surface area contributed by atoms with Crippen LogP contribution in [0, 0.1) is 6.92 Å². The molecule has 0 aliphatic carbocycles. The van der Waals surface area contributed by atoms with Crippen LogP contribution in [0.3, 0.4) is 0 Å². The lowest BCUT2D eigenvalue weighted by atomic mass is 10.1. The van der Waals surface area contributed by atoms with E-state index in [4.69, 9.17) is 11.6 Å². The molecule has 1 aromatic carbocycles. The van der Waals surface area contributed by atoms with Crippen molar-refractivity contribution in [3.05, 3.63) is 58.7 Å². The zero-order chi connectivity index (χ0) is 13.9. The Hall–Kier alpha value is -1.91. The second-order valence-electron chi connectivity index (χ2n) is 4.36. The molecule has 100 valence electrons. The van der Waals surface area contributed by atoms with E-state index in [9.17, 15) is 0 Å². The molecule has 0 saturated heterocycles. The molecule has 0 radical (unpaired) electrons. The maximum Gasteiger partial charge on any atom is 0.187 e. The zero-order valence-corrected chi connectivity index (χ0v) is 12.4. The fourth-order valence-electron chi connectivity index (χ4n) is 1.84. The first kappa shape index (κ1) is 13.1. The predicted molar refractivity (Wildman–Crippen MR) is 84.8 cm³/mol. The zero-order valence-electron chi connectivity index (χ0n) is 10.8. The summed E-state index contributed by atoms with van der Waals surface area (Å²) in [7, 11) is 0. The van der Waals surface area contributed by atoms with E-state index in [1.54, 1.807) is 17.5 Å². The highest BCUT2D eigenvalue weighted by Gasteiger charge is 2.07. The Morgan fingerprint density at radius 3 is 2.70 bits per heavy atom. The molecular weight excluding hydrogens is 290 g/mol. The van der Waals surface area contributed by atoms with Gasteiger partial charge in [0.25, 0.3) is 0 Å². The fraction of sp³-hybridized carbons (Fsp3) is 0.0667. The summed E-state index contributed by atoms with van der Waals surface area (Å²) in [6, 6.07) is 9.55. The fourth-order valence-corrected chi connectivity index (χ4v) is 2.70. The second-order valence-corrected chi connectivity index (χ2v) is 5.65. The van der Waals surface area contributed by atoms with Crippen LogP contribution in [0.5, 0.6) is 0 Å². The predicted octanol–water partition coefficient (Wildman–Crippen LogP) is 4.91. The van der Waals surface area contributed by atoms with Crippen molar-refractivity contribution in [2.45, 2.75) is 6.92 Å². The van der Waals surface area contributed by atoms with Crippen LogP contribution >= 0.6 is 22.9 Å². The molecular formula is C15H12ClN3S. The highest BCUT2D eigenvalue weighted by molar-refractivity contribution is 7.14. The quantitative estimate of drug-likeness (QED) is 0.747. The summed E-state index contributed by atoms with van der Waals surface area (Å²) < 4.78 is 0. The molecule has 20 heavy (non-hydrogen) atoms. The van der Waals surface area contributed by atoms with Crippen LogP contribution in [0.1, 0.15) is 5.56 Å². The monoisotopic (exact) mass is 301 g/mol. The standard InChI is InChI=1S/C15H12ClN3S/c1-10-6-7-17-8-13(10)14-9-20-15(19-14)18-12-4-2-11(16)3-5-12/h2-9H,1H3,(H,18,19). The normalized spacial score (nSPS) is 10.5. The first-order valence-corrected chi connectivity index (χ1v) is 7.37. The van der Waals surface area contributed by atoms with E-state index in [1.165, 1.54) is 5.56 Å². The van der Waals surface area contributed by atoms with Gasteiger partial charge >= 0.3 is 0 Å². The summed E-state index contributed by atoms with van der Waals surface area (Å²) in [5, 5.41) is 6.87. The van der Waals surface area contributed by atoms with Crippen molar-refractivity contribution in [1.82, 2.24) is 9.97 Å². The lowest BCUT2D eigenvalue weighted by Crippen LogP contribution is -1.90. The Morgan fingerprint density at radius 1 is 1.15 bits per heavy atom. The summed E-state index contributed by atoms with van der Waals surface area (Å²) in [5.41, 5.74) is 4.14. The summed E-state index contributed by atoms with van der Waals surface area (Å²) in [6.07, 6.45) is 3.63. The van der Waals surface area contributed by atoms with Gasteiger partial charge in [0, 0.05) is 34.0 Å². The average molecular weight is 302 g/mol. The van der Waals surface area contributed by atoms with Gasteiger partial charge in [-0.1, -0.05) is 11.6 Å². The highest BCUT2D eigenvalue weighted by Crippen LogP contribution is 2.28. The number of thiazole rings is 1. The van der Waals surface area contributed by atoms with E-state index in [0.717, 1.165) is 27.1 Å². The number of aromatic nitrogens is 2. The van der Waals surface area contributed by atoms with Crippen molar-refractivity contribution >= 4 is 33.8 Å². The Labute approximate surface area is 126 Å². The SMILES string of the molecule is Cc1ccncc1-c1csc(Nc2ccc(Cl)cc2)n1. The van der Waals surface area contributed by atoms with E-state index < -0.39 is 0 Å². The molecule has 1 N–H and O–H groups in total. The summed E-state index contributed by atoms with van der Waals surface area (Å²) >= 11 is 7.44. The lowest BCUT2D eigenvalue weighted by Gasteiger charge is -2.02. The lowest BCUT2D eigenvalue weighted by molar-refractivity contribution is 1.26. The number of anilines is 2. The van der Waals surface area contributed by atoms with Crippen molar-refractivity contribution in [1.29, 1.82) is 0 Å². The van der Waals surface area contributed by atoms with Gasteiger partial charge in [0.1, 0.15) is 0 Å². The molecule has 0 atom stereocenters. The average Bonchev–Trinajstić information content (AvgIpc) is 2.90. The molecule has 0 amide bonds.